The Hall–Kier alpha value is -2.42. The van der Waals surface area contributed by atoms with Crippen LogP contribution >= 0.6 is 23.2 Å². The zero-order valence-corrected chi connectivity index (χ0v) is 14.1. The van der Waals surface area contributed by atoms with Gasteiger partial charge in [0.15, 0.2) is 17.6 Å². The van der Waals surface area contributed by atoms with E-state index in [-0.39, 0.29) is 17.9 Å². The van der Waals surface area contributed by atoms with Crippen LogP contribution in [0, 0.1) is 11.3 Å². The first kappa shape index (κ1) is 17.9. The number of nitrogens with zero attached hydrogens (tertiary/aromatic N) is 1. The van der Waals surface area contributed by atoms with E-state index < -0.39 is 12.1 Å². The van der Waals surface area contributed by atoms with Crippen LogP contribution in [0.4, 0.5) is 0 Å². The van der Waals surface area contributed by atoms with Crippen molar-refractivity contribution in [2.24, 2.45) is 0 Å². The van der Waals surface area contributed by atoms with Gasteiger partial charge in [-0.25, -0.2) is 4.79 Å². The number of hydrogen-bond acceptors (Lipinski definition) is 4. The molecule has 0 saturated heterocycles. The number of carboxylic acids is 1. The number of hydrogen-bond donors (Lipinski definition) is 1. The number of benzene rings is 2. The Morgan fingerprint density at radius 2 is 1.96 bits per heavy atom. The normalized spacial score (nSPS) is 11.4. The summed E-state index contributed by atoms with van der Waals surface area (Å²) in [5, 5.41) is 18.8. The van der Waals surface area contributed by atoms with Gasteiger partial charge in [0.1, 0.15) is 5.75 Å². The highest BCUT2D eigenvalue weighted by molar-refractivity contribution is 6.31. The second kappa shape index (κ2) is 7.91. The maximum Gasteiger partial charge on any atom is 0.344 e. The molecule has 0 aliphatic carbocycles. The van der Waals surface area contributed by atoms with Gasteiger partial charge in [0.2, 0.25) is 0 Å². The summed E-state index contributed by atoms with van der Waals surface area (Å²) in [5.74, 6) is -0.303. The molecule has 0 bridgehead atoms. The Bertz CT molecular complexity index is 802. The largest absolute Gasteiger partial charge is 0.479 e. The summed E-state index contributed by atoms with van der Waals surface area (Å²) in [4.78, 5) is 11.2. The fourth-order valence-corrected chi connectivity index (χ4v) is 2.32. The minimum atomic E-state index is -1.08. The van der Waals surface area contributed by atoms with E-state index in [0.29, 0.717) is 21.4 Å². The molecule has 124 valence electrons. The van der Waals surface area contributed by atoms with Gasteiger partial charge in [-0.1, -0.05) is 30.1 Å². The molecule has 0 amide bonds. The van der Waals surface area contributed by atoms with Gasteiger partial charge in [-0.2, -0.15) is 5.26 Å². The molecule has 0 heterocycles. The molecule has 0 fully saturated rings. The van der Waals surface area contributed by atoms with Crippen LogP contribution in [0.5, 0.6) is 17.2 Å². The zero-order chi connectivity index (χ0) is 17.7. The van der Waals surface area contributed by atoms with Crippen LogP contribution in [-0.4, -0.2) is 17.2 Å². The van der Waals surface area contributed by atoms with Gasteiger partial charge in [-0.05, 0) is 36.8 Å². The number of halogens is 2. The lowest BCUT2D eigenvalue weighted by Crippen LogP contribution is -2.26. The molecule has 0 aliphatic rings. The number of carboxylic acid groups (broad SMARTS) is 1. The molecule has 2 rings (SSSR count). The summed E-state index contributed by atoms with van der Waals surface area (Å²) in [6.45, 7) is 1.70. The summed E-state index contributed by atoms with van der Waals surface area (Å²) in [7, 11) is 0. The monoisotopic (exact) mass is 365 g/mol. The van der Waals surface area contributed by atoms with E-state index in [9.17, 15) is 4.79 Å². The molecule has 1 atom stereocenters. The van der Waals surface area contributed by atoms with E-state index in [1.54, 1.807) is 13.0 Å². The number of ether oxygens (including phenoxy) is 2. The third-order valence-corrected chi connectivity index (χ3v) is 3.50. The van der Waals surface area contributed by atoms with Crippen molar-refractivity contribution in [3.63, 3.8) is 0 Å². The highest BCUT2D eigenvalue weighted by Gasteiger charge is 2.19. The molecule has 2 aromatic rings. The molecule has 0 aromatic heterocycles. The van der Waals surface area contributed by atoms with Crippen molar-refractivity contribution in [1.82, 2.24) is 0 Å². The van der Waals surface area contributed by atoms with Crippen molar-refractivity contribution < 1.29 is 19.4 Å². The van der Waals surface area contributed by atoms with Gasteiger partial charge in [-0.15, -0.1) is 0 Å². The van der Waals surface area contributed by atoms with Crippen molar-refractivity contribution in [1.29, 1.82) is 5.26 Å². The first-order valence-electron chi connectivity index (χ1n) is 7.00. The van der Waals surface area contributed by atoms with Crippen LogP contribution in [0.15, 0.2) is 36.4 Å². The Kier molecular flexibility index (Phi) is 5.91. The quantitative estimate of drug-likeness (QED) is 0.787. The molecule has 0 radical (unpaired) electrons. The van der Waals surface area contributed by atoms with E-state index in [2.05, 4.69) is 0 Å². The fourth-order valence-electron chi connectivity index (χ4n) is 1.93. The van der Waals surface area contributed by atoms with Crippen LogP contribution in [0.25, 0.3) is 0 Å². The van der Waals surface area contributed by atoms with Crippen LogP contribution in [0.3, 0.4) is 0 Å². The number of aliphatic carboxylic acids is 1. The van der Waals surface area contributed by atoms with Gasteiger partial charge >= 0.3 is 5.97 Å². The van der Waals surface area contributed by atoms with E-state index in [1.807, 2.05) is 6.07 Å². The smallest absolute Gasteiger partial charge is 0.344 e. The lowest BCUT2D eigenvalue weighted by Gasteiger charge is -2.17. The zero-order valence-electron chi connectivity index (χ0n) is 12.6. The molecule has 0 spiro atoms. The first-order chi connectivity index (χ1) is 11.4. The fraction of sp³-hybridized carbons (Fsp3) is 0.176. The van der Waals surface area contributed by atoms with Gasteiger partial charge in [0, 0.05) is 16.1 Å². The van der Waals surface area contributed by atoms with E-state index in [0.717, 1.165) is 0 Å². The van der Waals surface area contributed by atoms with E-state index in [4.69, 9.17) is 43.0 Å². The van der Waals surface area contributed by atoms with Crippen molar-refractivity contribution in [3.05, 3.63) is 52.0 Å². The maximum atomic E-state index is 11.2. The minimum Gasteiger partial charge on any atom is -0.479 e. The molecule has 2 aromatic carbocycles. The molecule has 0 aliphatic heterocycles. The molecule has 7 heteroatoms. The Balaban J connectivity index is 2.36. The van der Waals surface area contributed by atoms with Crippen molar-refractivity contribution in [2.45, 2.75) is 19.4 Å². The summed E-state index contributed by atoms with van der Waals surface area (Å²) in [6, 6.07) is 11.1. The average molecular weight is 366 g/mol. The van der Waals surface area contributed by atoms with Gasteiger partial charge in [0.25, 0.3) is 0 Å². The standard InChI is InChI=1S/C17H13Cl2NO4/c1-2-14(17(21)22)24-15-4-3-11(18)8-16(15)23-13-6-10(9-20)5-12(19)7-13/h3-8,14H,2H2,1H3,(H,21,22). The summed E-state index contributed by atoms with van der Waals surface area (Å²) in [6.07, 6.45) is -0.727. The minimum absolute atomic E-state index is 0.229. The lowest BCUT2D eigenvalue weighted by molar-refractivity contribution is -0.145. The summed E-state index contributed by atoms with van der Waals surface area (Å²) in [5.41, 5.74) is 0.332. The van der Waals surface area contributed by atoms with Crippen molar-refractivity contribution in [3.8, 4) is 23.3 Å². The summed E-state index contributed by atoms with van der Waals surface area (Å²) >= 11 is 11.9. The topological polar surface area (TPSA) is 79.5 Å². The maximum absolute atomic E-state index is 11.2. The highest BCUT2D eigenvalue weighted by atomic mass is 35.5. The molecular weight excluding hydrogens is 353 g/mol. The Morgan fingerprint density at radius 3 is 2.58 bits per heavy atom. The SMILES string of the molecule is CCC(Oc1ccc(Cl)cc1Oc1cc(Cl)cc(C#N)c1)C(=O)O. The van der Waals surface area contributed by atoms with Crippen LogP contribution in [0.1, 0.15) is 18.9 Å². The molecule has 0 saturated carbocycles. The first-order valence-corrected chi connectivity index (χ1v) is 7.76. The third kappa shape index (κ3) is 4.54. The van der Waals surface area contributed by atoms with Crippen molar-refractivity contribution >= 4 is 29.2 Å². The number of nitriles is 1. The predicted octanol–water partition coefficient (Wildman–Crippen LogP) is 4.90. The van der Waals surface area contributed by atoms with E-state index in [1.165, 1.54) is 30.3 Å². The van der Waals surface area contributed by atoms with Gasteiger partial charge in [0.05, 0.1) is 11.6 Å². The van der Waals surface area contributed by atoms with Crippen LogP contribution in [-0.2, 0) is 4.79 Å². The van der Waals surface area contributed by atoms with Crippen molar-refractivity contribution in [2.75, 3.05) is 0 Å². The van der Waals surface area contributed by atoms with E-state index >= 15 is 0 Å². The third-order valence-electron chi connectivity index (χ3n) is 3.05. The molecule has 1 unspecified atom stereocenters. The number of carbonyl (C=O) groups is 1. The Labute approximate surface area is 148 Å². The Morgan fingerprint density at radius 1 is 1.21 bits per heavy atom. The molecule has 5 nitrogen and oxygen atoms in total. The van der Waals surface area contributed by atoms with Crippen LogP contribution < -0.4 is 9.47 Å². The highest BCUT2D eigenvalue weighted by Crippen LogP contribution is 2.36. The molecular formula is C17H13Cl2NO4. The predicted molar refractivity (Wildman–Crippen MR) is 90.0 cm³/mol. The molecule has 24 heavy (non-hydrogen) atoms. The number of rotatable bonds is 6. The molecule has 1 N–H and O–H groups in total. The average Bonchev–Trinajstić information content (AvgIpc) is 2.53. The van der Waals surface area contributed by atoms with Gasteiger partial charge in [-0.3, -0.25) is 0 Å². The second-order valence-electron chi connectivity index (χ2n) is 4.83. The van der Waals surface area contributed by atoms with Gasteiger partial charge < -0.3 is 14.6 Å². The second-order valence-corrected chi connectivity index (χ2v) is 5.71. The lowest BCUT2D eigenvalue weighted by atomic mass is 10.2. The van der Waals surface area contributed by atoms with Crippen LogP contribution in [0.2, 0.25) is 10.0 Å². The summed E-state index contributed by atoms with van der Waals surface area (Å²) < 4.78 is 11.2.